The number of aromatic amines is 1. The zero-order valence-electron chi connectivity index (χ0n) is 15.0. The van der Waals surface area contributed by atoms with Crippen molar-refractivity contribution in [2.45, 2.75) is 37.1 Å². The molecule has 2 N–H and O–H groups in total. The number of aliphatic hydroxyl groups excluding tert-OH is 1. The van der Waals surface area contributed by atoms with Crippen LogP contribution in [0.2, 0.25) is 0 Å². The molecule has 25 heavy (non-hydrogen) atoms. The van der Waals surface area contributed by atoms with E-state index in [1.807, 2.05) is 0 Å². The Hall–Kier alpha value is -1.36. The summed E-state index contributed by atoms with van der Waals surface area (Å²) in [5.74, 6) is 1.31. The Labute approximate surface area is 149 Å². The van der Waals surface area contributed by atoms with Crippen molar-refractivity contribution in [1.29, 1.82) is 0 Å². The normalized spacial score (nSPS) is 36.4. The molecule has 4 bridgehead atoms. The van der Waals surface area contributed by atoms with Crippen molar-refractivity contribution in [3.63, 3.8) is 0 Å². The summed E-state index contributed by atoms with van der Waals surface area (Å²) < 4.78 is 5.40. The number of hydrogen-bond acceptors (Lipinski definition) is 3. The second kappa shape index (κ2) is 5.83. The third kappa shape index (κ3) is 2.17. The number of aliphatic hydroxyl groups is 1. The zero-order chi connectivity index (χ0) is 17.0. The van der Waals surface area contributed by atoms with Crippen molar-refractivity contribution in [3.05, 3.63) is 35.5 Å². The van der Waals surface area contributed by atoms with Gasteiger partial charge in [0.1, 0.15) is 0 Å². The van der Waals surface area contributed by atoms with Gasteiger partial charge in [-0.1, -0.05) is 18.2 Å². The Morgan fingerprint density at radius 1 is 1.36 bits per heavy atom. The SMILES string of the molecule is COCCC1C[C@@H]2CN3CCc4c([nH]c5ccccc45)C(CO)(C2)C13. The van der Waals surface area contributed by atoms with Crippen LogP contribution in [0.25, 0.3) is 10.9 Å². The van der Waals surface area contributed by atoms with Crippen molar-refractivity contribution in [2.75, 3.05) is 33.4 Å². The number of piperidine rings is 2. The van der Waals surface area contributed by atoms with Crippen LogP contribution in [0.4, 0.5) is 0 Å². The molecular formula is C21H28N2O2. The minimum atomic E-state index is -0.134. The quantitative estimate of drug-likeness (QED) is 0.900. The molecule has 0 amide bonds. The van der Waals surface area contributed by atoms with Gasteiger partial charge in [-0.25, -0.2) is 0 Å². The second-order valence-electron chi connectivity index (χ2n) is 8.38. The number of ether oxygens (including phenoxy) is 1. The molecule has 5 atom stereocenters. The number of fused-ring (bicyclic) bond motifs is 4. The molecular weight excluding hydrogens is 312 g/mol. The Morgan fingerprint density at radius 3 is 3.08 bits per heavy atom. The lowest BCUT2D eigenvalue weighted by Gasteiger charge is -2.59. The zero-order valence-corrected chi connectivity index (χ0v) is 15.0. The minimum Gasteiger partial charge on any atom is -0.395 e. The van der Waals surface area contributed by atoms with Crippen LogP contribution < -0.4 is 0 Å². The third-order valence-electron chi connectivity index (χ3n) is 7.12. The van der Waals surface area contributed by atoms with Crippen molar-refractivity contribution in [3.8, 4) is 0 Å². The fraction of sp³-hybridized carbons (Fsp3) is 0.619. The van der Waals surface area contributed by atoms with Crippen LogP contribution in [0.1, 0.15) is 30.5 Å². The summed E-state index contributed by atoms with van der Waals surface area (Å²) in [6.07, 6.45) is 4.60. The average molecular weight is 340 g/mol. The molecule has 4 heterocycles. The van der Waals surface area contributed by atoms with Gasteiger partial charge in [-0.2, -0.15) is 0 Å². The Balaban J connectivity index is 1.67. The summed E-state index contributed by atoms with van der Waals surface area (Å²) in [4.78, 5) is 6.44. The van der Waals surface area contributed by atoms with E-state index in [1.54, 1.807) is 7.11 Å². The van der Waals surface area contributed by atoms with Gasteiger partial charge in [0.15, 0.2) is 0 Å². The molecule has 0 spiro atoms. The molecule has 1 aromatic carbocycles. The summed E-state index contributed by atoms with van der Waals surface area (Å²) in [6, 6.07) is 9.08. The van der Waals surface area contributed by atoms with Crippen LogP contribution in [0.15, 0.2) is 24.3 Å². The Morgan fingerprint density at radius 2 is 2.24 bits per heavy atom. The number of nitrogens with zero attached hydrogens (tertiary/aromatic N) is 1. The van der Waals surface area contributed by atoms with E-state index in [0.29, 0.717) is 17.9 Å². The van der Waals surface area contributed by atoms with E-state index >= 15 is 0 Å². The Bertz CT molecular complexity index is 785. The molecule has 0 radical (unpaired) electrons. The van der Waals surface area contributed by atoms with Crippen LogP contribution >= 0.6 is 0 Å². The van der Waals surface area contributed by atoms with Crippen LogP contribution in [0.5, 0.6) is 0 Å². The van der Waals surface area contributed by atoms with E-state index in [2.05, 4.69) is 34.1 Å². The van der Waals surface area contributed by atoms with Gasteiger partial charge >= 0.3 is 0 Å². The first-order valence-corrected chi connectivity index (χ1v) is 9.71. The first kappa shape index (κ1) is 15.9. The number of hydrogen-bond donors (Lipinski definition) is 2. The lowest BCUT2D eigenvalue weighted by molar-refractivity contribution is -0.0826. The fourth-order valence-corrected chi connectivity index (χ4v) is 6.36. The van der Waals surface area contributed by atoms with Gasteiger partial charge in [0.05, 0.1) is 6.61 Å². The van der Waals surface area contributed by atoms with E-state index in [0.717, 1.165) is 32.4 Å². The standard InChI is InChI=1S/C21H28N2O2/c1-25-9-7-15-10-14-11-21(13-24)19-17(6-8-23(12-14)20(15)21)16-4-2-3-5-18(16)22-19/h2-5,14-15,20,22,24H,6-13H2,1H3/t14-,15?,20?,21?/m0/s1. The van der Waals surface area contributed by atoms with Crippen LogP contribution in [-0.4, -0.2) is 54.4 Å². The van der Waals surface area contributed by atoms with Gasteiger partial charge in [-0.15, -0.1) is 0 Å². The predicted molar refractivity (Wildman–Crippen MR) is 98.8 cm³/mol. The summed E-state index contributed by atoms with van der Waals surface area (Å²) in [7, 11) is 1.80. The Kier molecular flexibility index (Phi) is 3.70. The van der Waals surface area contributed by atoms with E-state index in [1.165, 1.54) is 35.1 Å². The largest absolute Gasteiger partial charge is 0.395 e. The van der Waals surface area contributed by atoms with Crippen LogP contribution in [0, 0.1) is 11.8 Å². The number of nitrogens with one attached hydrogen (secondary N) is 1. The average Bonchev–Trinajstić information content (AvgIpc) is 2.99. The highest BCUT2D eigenvalue weighted by Crippen LogP contribution is 2.54. The van der Waals surface area contributed by atoms with Gasteiger partial charge in [-0.3, -0.25) is 4.90 Å². The summed E-state index contributed by atoms with van der Waals surface area (Å²) in [5.41, 5.74) is 3.87. The van der Waals surface area contributed by atoms with Gasteiger partial charge in [-0.05, 0) is 49.1 Å². The van der Waals surface area contributed by atoms with Gasteiger partial charge in [0.25, 0.3) is 0 Å². The summed E-state index contributed by atoms with van der Waals surface area (Å²) in [6.45, 7) is 3.39. The molecule has 1 saturated carbocycles. The first-order chi connectivity index (χ1) is 12.3. The molecule has 1 aliphatic carbocycles. The molecule has 2 aromatic rings. The number of benzene rings is 1. The first-order valence-electron chi connectivity index (χ1n) is 9.71. The molecule has 134 valence electrons. The van der Waals surface area contributed by atoms with E-state index in [-0.39, 0.29) is 12.0 Å². The summed E-state index contributed by atoms with van der Waals surface area (Å²) >= 11 is 0. The monoisotopic (exact) mass is 340 g/mol. The third-order valence-corrected chi connectivity index (χ3v) is 7.12. The molecule has 4 unspecified atom stereocenters. The van der Waals surface area contributed by atoms with Gasteiger partial charge < -0.3 is 14.8 Å². The molecule has 4 nitrogen and oxygen atoms in total. The highest BCUT2D eigenvalue weighted by Gasteiger charge is 2.58. The highest BCUT2D eigenvalue weighted by molar-refractivity contribution is 5.85. The number of aromatic nitrogens is 1. The molecule has 3 aliphatic heterocycles. The molecule has 1 aromatic heterocycles. The minimum absolute atomic E-state index is 0.134. The number of para-hydroxylation sites is 1. The maximum Gasteiger partial charge on any atom is 0.0557 e. The molecule has 6 rings (SSSR count). The molecule has 3 fully saturated rings. The van der Waals surface area contributed by atoms with E-state index in [9.17, 15) is 5.11 Å². The number of H-pyrrole nitrogens is 1. The number of rotatable bonds is 4. The van der Waals surface area contributed by atoms with E-state index < -0.39 is 0 Å². The van der Waals surface area contributed by atoms with Crippen molar-refractivity contribution in [1.82, 2.24) is 9.88 Å². The second-order valence-corrected chi connectivity index (χ2v) is 8.38. The fourth-order valence-electron chi connectivity index (χ4n) is 6.36. The summed E-state index contributed by atoms with van der Waals surface area (Å²) in [5, 5.41) is 12.0. The van der Waals surface area contributed by atoms with Gasteiger partial charge in [0, 0.05) is 54.9 Å². The van der Waals surface area contributed by atoms with Crippen molar-refractivity contribution < 1.29 is 9.84 Å². The van der Waals surface area contributed by atoms with Crippen molar-refractivity contribution in [2.24, 2.45) is 11.8 Å². The lowest BCUT2D eigenvalue weighted by atomic mass is 9.56. The maximum atomic E-state index is 10.7. The number of methoxy groups -OCH3 is 1. The van der Waals surface area contributed by atoms with E-state index in [4.69, 9.17) is 4.74 Å². The molecule has 2 saturated heterocycles. The predicted octanol–water partition coefficient (Wildman–Crippen LogP) is 2.70. The highest BCUT2D eigenvalue weighted by atomic mass is 16.5. The lowest BCUT2D eigenvalue weighted by Crippen LogP contribution is -2.65. The van der Waals surface area contributed by atoms with Crippen LogP contribution in [0.3, 0.4) is 0 Å². The topological polar surface area (TPSA) is 48.5 Å². The maximum absolute atomic E-state index is 10.7. The molecule has 4 aliphatic rings. The van der Waals surface area contributed by atoms with Crippen molar-refractivity contribution >= 4 is 10.9 Å². The van der Waals surface area contributed by atoms with Gasteiger partial charge in [0.2, 0.25) is 0 Å². The molecule has 4 heteroatoms. The smallest absolute Gasteiger partial charge is 0.0557 e. The van der Waals surface area contributed by atoms with Crippen LogP contribution in [-0.2, 0) is 16.6 Å².